The van der Waals surface area contributed by atoms with Gasteiger partial charge >= 0.3 is 0 Å². The average molecular weight is 504 g/mol. The molecular formula is C26H37N3O5S. The maximum absolute atomic E-state index is 13.7. The minimum absolute atomic E-state index is 0.0941. The lowest BCUT2D eigenvalue weighted by Crippen LogP contribution is -2.53. The number of anilines is 1. The summed E-state index contributed by atoms with van der Waals surface area (Å²) >= 11 is 0. The quantitative estimate of drug-likeness (QED) is 0.478. The summed E-state index contributed by atoms with van der Waals surface area (Å²) in [5.74, 6) is -0.122. The molecule has 0 saturated carbocycles. The summed E-state index contributed by atoms with van der Waals surface area (Å²) in [7, 11) is -3.78. The van der Waals surface area contributed by atoms with Gasteiger partial charge in [-0.2, -0.15) is 0 Å². The van der Waals surface area contributed by atoms with Crippen molar-refractivity contribution < 1.29 is 22.7 Å². The van der Waals surface area contributed by atoms with Gasteiger partial charge < -0.3 is 15.0 Å². The Hall–Kier alpha value is -3.07. The van der Waals surface area contributed by atoms with Crippen molar-refractivity contribution >= 4 is 27.5 Å². The van der Waals surface area contributed by atoms with Crippen molar-refractivity contribution in [1.82, 2.24) is 10.2 Å². The highest BCUT2D eigenvalue weighted by atomic mass is 32.2. The van der Waals surface area contributed by atoms with Gasteiger partial charge in [0.15, 0.2) is 0 Å². The van der Waals surface area contributed by atoms with Crippen LogP contribution in [0.3, 0.4) is 0 Å². The Morgan fingerprint density at radius 1 is 1.03 bits per heavy atom. The van der Waals surface area contributed by atoms with Crippen LogP contribution in [-0.4, -0.2) is 56.6 Å². The van der Waals surface area contributed by atoms with E-state index >= 15 is 0 Å². The first-order valence-electron chi connectivity index (χ1n) is 11.8. The molecule has 0 aliphatic heterocycles. The maximum Gasteiger partial charge on any atom is 0.244 e. The van der Waals surface area contributed by atoms with Gasteiger partial charge in [0.05, 0.1) is 18.6 Å². The highest BCUT2D eigenvalue weighted by Crippen LogP contribution is 2.23. The van der Waals surface area contributed by atoms with E-state index in [2.05, 4.69) is 5.32 Å². The van der Waals surface area contributed by atoms with Crippen LogP contribution in [0.15, 0.2) is 48.5 Å². The van der Waals surface area contributed by atoms with Crippen LogP contribution in [0.2, 0.25) is 0 Å². The van der Waals surface area contributed by atoms with E-state index in [4.69, 9.17) is 4.74 Å². The van der Waals surface area contributed by atoms with Crippen LogP contribution in [0, 0.1) is 6.92 Å². The van der Waals surface area contributed by atoms with Gasteiger partial charge in [0.1, 0.15) is 18.3 Å². The number of ether oxygens (including phenoxy) is 1. The number of carbonyl (C=O) groups is 2. The molecule has 0 saturated heterocycles. The number of nitrogens with one attached hydrogen (secondary N) is 1. The van der Waals surface area contributed by atoms with E-state index in [1.807, 2.05) is 58.9 Å². The predicted octanol–water partition coefficient (Wildman–Crippen LogP) is 3.49. The number of nitrogens with zero attached hydrogens (tertiary/aromatic N) is 2. The summed E-state index contributed by atoms with van der Waals surface area (Å²) in [5.41, 5.74) is 2.22. The molecule has 0 fully saturated rings. The third-order valence-corrected chi connectivity index (χ3v) is 6.67. The number of carbonyl (C=O) groups excluding carboxylic acids is 2. The van der Waals surface area contributed by atoms with Crippen LogP contribution in [0.4, 0.5) is 5.69 Å². The van der Waals surface area contributed by atoms with Gasteiger partial charge in [0.25, 0.3) is 0 Å². The molecule has 1 atom stereocenters. The minimum atomic E-state index is -3.78. The molecule has 8 nitrogen and oxygen atoms in total. The molecule has 2 aromatic carbocycles. The molecule has 9 heteroatoms. The van der Waals surface area contributed by atoms with Crippen LogP contribution < -0.4 is 14.4 Å². The van der Waals surface area contributed by atoms with Gasteiger partial charge in [0.2, 0.25) is 21.8 Å². The predicted molar refractivity (Wildman–Crippen MR) is 139 cm³/mol. The van der Waals surface area contributed by atoms with Crippen LogP contribution in [0.25, 0.3) is 0 Å². The van der Waals surface area contributed by atoms with E-state index < -0.39 is 28.5 Å². The zero-order chi connectivity index (χ0) is 26.2. The molecule has 0 aliphatic rings. The third kappa shape index (κ3) is 7.99. The summed E-state index contributed by atoms with van der Waals surface area (Å²) in [6.07, 6.45) is 1.45. The fraction of sp³-hybridized carbons (Fsp3) is 0.462. The summed E-state index contributed by atoms with van der Waals surface area (Å²) in [6.45, 7) is 9.60. The molecule has 0 heterocycles. The molecule has 2 amide bonds. The topological polar surface area (TPSA) is 96.0 Å². The molecular weight excluding hydrogens is 466 g/mol. The number of aryl methyl sites for hydroxylation is 1. The molecule has 0 spiro atoms. The lowest BCUT2D eigenvalue weighted by atomic mass is 10.1. The van der Waals surface area contributed by atoms with Crippen LogP contribution in [-0.2, 0) is 26.2 Å². The fourth-order valence-electron chi connectivity index (χ4n) is 3.76. The Kier molecular flexibility index (Phi) is 10.1. The van der Waals surface area contributed by atoms with E-state index in [0.717, 1.165) is 21.7 Å². The molecule has 0 aliphatic carbocycles. The SMILES string of the molecule is CCOc1ccc(N(CC(=O)N(Cc2ccccc2C)[C@@H](CC)C(=O)NC(C)C)S(C)(=O)=O)cc1. The highest BCUT2D eigenvalue weighted by molar-refractivity contribution is 7.92. The number of amides is 2. The van der Waals surface area contributed by atoms with Gasteiger partial charge in [-0.05, 0) is 69.5 Å². The zero-order valence-corrected chi connectivity index (χ0v) is 22.3. The Labute approximate surface area is 209 Å². The largest absolute Gasteiger partial charge is 0.494 e. The van der Waals surface area contributed by atoms with Crippen LogP contribution >= 0.6 is 0 Å². The van der Waals surface area contributed by atoms with Crippen molar-refractivity contribution in [3.63, 3.8) is 0 Å². The maximum atomic E-state index is 13.7. The Morgan fingerprint density at radius 2 is 1.66 bits per heavy atom. The zero-order valence-electron chi connectivity index (χ0n) is 21.4. The van der Waals surface area contributed by atoms with Crippen molar-refractivity contribution in [3.05, 3.63) is 59.7 Å². The second-order valence-electron chi connectivity index (χ2n) is 8.73. The molecule has 0 bridgehead atoms. The number of hydrogen-bond donors (Lipinski definition) is 1. The van der Waals surface area contributed by atoms with E-state index in [9.17, 15) is 18.0 Å². The normalized spacial score (nSPS) is 12.2. The first-order chi connectivity index (χ1) is 16.5. The molecule has 0 aromatic heterocycles. The highest BCUT2D eigenvalue weighted by Gasteiger charge is 2.32. The molecule has 192 valence electrons. The van der Waals surface area contributed by atoms with E-state index in [0.29, 0.717) is 24.5 Å². The van der Waals surface area contributed by atoms with Crippen LogP contribution in [0.1, 0.15) is 45.2 Å². The third-order valence-electron chi connectivity index (χ3n) is 5.53. The first-order valence-corrected chi connectivity index (χ1v) is 13.7. The number of sulfonamides is 1. The fourth-order valence-corrected chi connectivity index (χ4v) is 4.61. The van der Waals surface area contributed by atoms with Crippen molar-refractivity contribution in [3.8, 4) is 5.75 Å². The molecule has 0 unspecified atom stereocenters. The standard InChI is InChI=1S/C26H37N3O5S/c1-7-24(26(31)27-19(3)4)28(17-21-12-10-9-11-20(21)5)25(30)18-29(35(6,32)33)22-13-15-23(16-14-22)34-8-2/h9-16,19,24H,7-8,17-18H2,1-6H3,(H,27,31)/t24-/m0/s1. The second kappa shape index (κ2) is 12.6. The van der Waals surface area contributed by atoms with Gasteiger partial charge in [0, 0.05) is 12.6 Å². The number of hydrogen-bond acceptors (Lipinski definition) is 5. The average Bonchev–Trinajstić information content (AvgIpc) is 2.78. The number of rotatable bonds is 12. The Morgan fingerprint density at radius 3 is 2.17 bits per heavy atom. The summed E-state index contributed by atoms with van der Waals surface area (Å²) in [5, 5.41) is 2.88. The van der Waals surface area contributed by atoms with E-state index in [-0.39, 0.29) is 18.5 Å². The number of benzene rings is 2. The van der Waals surface area contributed by atoms with Crippen molar-refractivity contribution in [2.24, 2.45) is 0 Å². The Balaban J connectivity index is 2.43. The molecule has 2 aromatic rings. The summed E-state index contributed by atoms with van der Waals surface area (Å²) in [6, 6.07) is 13.3. The smallest absolute Gasteiger partial charge is 0.244 e. The molecule has 2 rings (SSSR count). The van der Waals surface area contributed by atoms with Crippen LogP contribution in [0.5, 0.6) is 5.75 Å². The van der Waals surface area contributed by atoms with E-state index in [1.165, 1.54) is 4.90 Å². The first kappa shape index (κ1) is 28.2. The summed E-state index contributed by atoms with van der Waals surface area (Å²) < 4.78 is 31.9. The van der Waals surface area contributed by atoms with Gasteiger partial charge in [-0.15, -0.1) is 0 Å². The Bertz CT molecular complexity index is 1100. The van der Waals surface area contributed by atoms with Crippen molar-refractivity contribution in [1.29, 1.82) is 0 Å². The molecule has 35 heavy (non-hydrogen) atoms. The van der Waals surface area contributed by atoms with E-state index in [1.54, 1.807) is 24.3 Å². The van der Waals surface area contributed by atoms with Gasteiger partial charge in [-0.1, -0.05) is 31.2 Å². The summed E-state index contributed by atoms with van der Waals surface area (Å²) in [4.78, 5) is 28.2. The lowest BCUT2D eigenvalue weighted by molar-refractivity contribution is -0.140. The van der Waals surface area contributed by atoms with Crippen molar-refractivity contribution in [2.75, 3.05) is 23.7 Å². The van der Waals surface area contributed by atoms with Gasteiger partial charge in [-0.3, -0.25) is 13.9 Å². The molecule has 1 N–H and O–H groups in total. The minimum Gasteiger partial charge on any atom is -0.494 e. The second-order valence-corrected chi connectivity index (χ2v) is 10.6. The van der Waals surface area contributed by atoms with Crippen molar-refractivity contribution in [2.45, 2.75) is 59.7 Å². The lowest BCUT2D eigenvalue weighted by Gasteiger charge is -2.33. The molecule has 0 radical (unpaired) electrons. The van der Waals surface area contributed by atoms with Gasteiger partial charge in [-0.25, -0.2) is 8.42 Å². The monoisotopic (exact) mass is 503 g/mol.